The molecule has 0 heterocycles. The summed E-state index contributed by atoms with van der Waals surface area (Å²) in [6, 6.07) is 14.4. The molecule has 5 nitrogen and oxygen atoms in total. The van der Waals surface area contributed by atoms with Gasteiger partial charge in [-0.05, 0) is 60.7 Å². The summed E-state index contributed by atoms with van der Waals surface area (Å²) in [5.41, 5.74) is 0.453. The van der Waals surface area contributed by atoms with Gasteiger partial charge in [0.25, 0.3) is 0 Å². The van der Waals surface area contributed by atoms with Gasteiger partial charge in [0.05, 0.1) is 11.9 Å². The minimum Gasteiger partial charge on any atom is -0.354 e. The highest BCUT2D eigenvalue weighted by atomic mass is 79.9. The lowest BCUT2D eigenvalue weighted by atomic mass is 10.3. The van der Waals surface area contributed by atoms with Gasteiger partial charge in [0, 0.05) is 20.9 Å². The number of rotatable bonds is 9. The standard InChI is InChI=1S/C18H20BrClN2O3S2/c1-27(24,25)22(16-7-3-14(19)4-8-16)13-18(23)21-11-2-12-26-17-9-5-15(20)6-10-17/h3-10H,2,11-13H2,1H3,(H,21,23). The summed E-state index contributed by atoms with van der Waals surface area (Å²) < 4.78 is 26.0. The van der Waals surface area contributed by atoms with E-state index >= 15 is 0 Å². The average molecular weight is 492 g/mol. The molecule has 2 aromatic carbocycles. The molecule has 0 unspecified atom stereocenters. The van der Waals surface area contributed by atoms with Crippen LogP contribution in [-0.4, -0.2) is 39.4 Å². The minimum atomic E-state index is -3.56. The number of nitrogens with one attached hydrogen (secondary N) is 1. The van der Waals surface area contributed by atoms with Gasteiger partial charge in [-0.2, -0.15) is 0 Å². The Morgan fingerprint density at radius 3 is 2.37 bits per heavy atom. The Morgan fingerprint density at radius 1 is 1.15 bits per heavy atom. The fourth-order valence-corrected chi connectivity index (χ4v) is 4.31. The number of anilines is 1. The first-order chi connectivity index (χ1) is 12.8. The Kier molecular flexibility index (Phi) is 8.47. The predicted molar refractivity (Wildman–Crippen MR) is 116 cm³/mol. The van der Waals surface area contributed by atoms with Gasteiger partial charge >= 0.3 is 0 Å². The van der Waals surface area contributed by atoms with E-state index in [1.807, 2.05) is 24.3 Å². The van der Waals surface area contributed by atoms with Gasteiger partial charge in [0.15, 0.2) is 0 Å². The van der Waals surface area contributed by atoms with Crippen molar-refractivity contribution in [3.05, 3.63) is 58.0 Å². The predicted octanol–water partition coefficient (Wildman–Crippen LogP) is 4.17. The molecule has 146 valence electrons. The Hall–Kier alpha value is -1.22. The quantitative estimate of drug-likeness (QED) is 0.422. The number of sulfonamides is 1. The molecule has 9 heteroatoms. The molecule has 0 spiro atoms. The highest BCUT2D eigenvalue weighted by molar-refractivity contribution is 9.10. The lowest BCUT2D eigenvalue weighted by Gasteiger charge is -2.22. The molecule has 2 rings (SSSR count). The summed E-state index contributed by atoms with van der Waals surface area (Å²) >= 11 is 10.8. The summed E-state index contributed by atoms with van der Waals surface area (Å²) in [5.74, 6) is 0.504. The minimum absolute atomic E-state index is 0.245. The monoisotopic (exact) mass is 490 g/mol. The lowest BCUT2D eigenvalue weighted by Crippen LogP contribution is -2.40. The van der Waals surface area contributed by atoms with Crippen molar-refractivity contribution in [1.82, 2.24) is 5.32 Å². The van der Waals surface area contributed by atoms with E-state index in [0.717, 1.165) is 32.1 Å². The zero-order valence-corrected chi connectivity index (χ0v) is 18.7. The van der Waals surface area contributed by atoms with E-state index in [0.29, 0.717) is 17.3 Å². The van der Waals surface area contributed by atoms with Gasteiger partial charge < -0.3 is 5.32 Å². The van der Waals surface area contributed by atoms with Crippen LogP contribution in [0.4, 0.5) is 5.69 Å². The van der Waals surface area contributed by atoms with Crippen LogP contribution in [0.3, 0.4) is 0 Å². The number of carbonyl (C=O) groups is 1. The van der Waals surface area contributed by atoms with Crippen LogP contribution in [-0.2, 0) is 14.8 Å². The average Bonchev–Trinajstić information content (AvgIpc) is 2.61. The van der Waals surface area contributed by atoms with Crippen molar-refractivity contribution in [3.8, 4) is 0 Å². The fourth-order valence-electron chi connectivity index (χ4n) is 2.21. The van der Waals surface area contributed by atoms with Gasteiger partial charge in [-0.25, -0.2) is 8.42 Å². The smallest absolute Gasteiger partial charge is 0.240 e. The first-order valence-corrected chi connectivity index (χ1v) is 12.1. The summed E-state index contributed by atoms with van der Waals surface area (Å²) in [7, 11) is -3.56. The zero-order chi connectivity index (χ0) is 19.9. The molecular formula is C18H20BrClN2O3S2. The van der Waals surface area contributed by atoms with E-state index in [4.69, 9.17) is 11.6 Å². The van der Waals surface area contributed by atoms with Crippen LogP contribution >= 0.6 is 39.3 Å². The maximum absolute atomic E-state index is 12.2. The number of thioether (sulfide) groups is 1. The molecule has 0 aliphatic rings. The summed E-state index contributed by atoms with van der Waals surface area (Å²) in [4.78, 5) is 13.3. The number of benzene rings is 2. The van der Waals surface area contributed by atoms with Crippen molar-refractivity contribution in [2.75, 3.05) is 29.4 Å². The third-order valence-corrected chi connectivity index (χ3v) is 6.55. The first-order valence-electron chi connectivity index (χ1n) is 8.14. The number of carbonyl (C=O) groups excluding carboxylic acids is 1. The van der Waals surface area contributed by atoms with Crippen molar-refractivity contribution in [3.63, 3.8) is 0 Å². The normalized spacial score (nSPS) is 11.2. The van der Waals surface area contributed by atoms with Crippen LogP contribution in [0.1, 0.15) is 6.42 Å². The summed E-state index contributed by atoms with van der Waals surface area (Å²) in [5, 5.41) is 3.47. The maximum atomic E-state index is 12.2. The number of hydrogen-bond donors (Lipinski definition) is 1. The van der Waals surface area contributed by atoms with Crippen LogP contribution in [0.2, 0.25) is 5.02 Å². The second-order valence-corrected chi connectivity index (χ2v) is 10.2. The second kappa shape index (κ2) is 10.4. The lowest BCUT2D eigenvalue weighted by molar-refractivity contribution is -0.119. The van der Waals surface area contributed by atoms with Crippen molar-refractivity contribution in [2.45, 2.75) is 11.3 Å². The molecule has 0 saturated heterocycles. The molecule has 0 atom stereocenters. The molecule has 1 amide bonds. The number of amides is 1. The topological polar surface area (TPSA) is 66.5 Å². The fraction of sp³-hybridized carbons (Fsp3) is 0.278. The molecule has 0 bridgehead atoms. The van der Waals surface area contributed by atoms with Gasteiger partial charge in [0.2, 0.25) is 15.9 Å². The van der Waals surface area contributed by atoms with Crippen molar-refractivity contribution in [1.29, 1.82) is 0 Å². The Bertz CT molecular complexity index is 859. The molecule has 0 aliphatic heterocycles. The largest absolute Gasteiger partial charge is 0.354 e. The third kappa shape index (κ3) is 7.73. The molecule has 27 heavy (non-hydrogen) atoms. The van der Waals surface area contributed by atoms with E-state index in [-0.39, 0.29) is 12.5 Å². The molecule has 2 aromatic rings. The molecular weight excluding hydrogens is 472 g/mol. The van der Waals surface area contributed by atoms with Crippen LogP contribution in [0.25, 0.3) is 0 Å². The molecule has 1 N–H and O–H groups in total. The van der Waals surface area contributed by atoms with E-state index in [1.54, 1.807) is 36.0 Å². The van der Waals surface area contributed by atoms with Crippen LogP contribution in [0.5, 0.6) is 0 Å². The Labute approximate surface area is 177 Å². The zero-order valence-electron chi connectivity index (χ0n) is 14.7. The van der Waals surface area contributed by atoms with Crippen LogP contribution < -0.4 is 9.62 Å². The number of halogens is 2. The van der Waals surface area contributed by atoms with E-state index in [9.17, 15) is 13.2 Å². The molecule has 0 fully saturated rings. The third-order valence-electron chi connectivity index (χ3n) is 3.53. The molecule has 0 aromatic heterocycles. The van der Waals surface area contributed by atoms with Crippen molar-refractivity contribution < 1.29 is 13.2 Å². The Balaban J connectivity index is 1.80. The van der Waals surface area contributed by atoms with Gasteiger partial charge in [-0.1, -0.05) is 27.5 Å². The molecule has 0 aliphatic carbocycles. The summed E-state index contributed by atoms with van der Waals surface area (Å²) in [6.45, 7) is 0.238. The van der Waals surface area contributed by atoms with Crippen molar-refractivity contribution in [2.24, 2.45) is 0 Å². The SMILES string of the molecule is CS(=O)(=O)N(CC(=O)NCCCSc1ccc(Cl)cc1)c1ccc(Br)cc1. The van der Waals surface area contributed by atoms with Gasteiger partial charge in [-0.15, -0.1) is 11.8 Å². The van der Waals surface area contributed by atoms with Crippen LogP contribution in [0, 0.1) is 0 Å². The van der Waals surface area contributed by atoms with Gasteiger partial charge in [-0.3, -0.25) is 9.10 Å². The van der Waals surface area contributed by atoms with E-state index < -0.39 is 10.0 Å². The number of hydrogen-bond acceptors (Lipinski definition) is 4. The molecule has 0 saturated carbocycles. The maximum Gasteiger partial charge on any atom is 0.240 e. The highest BCUT2D eigenvalue weighted by Crippen LogP contribution is 2.21. The number of nitrogens with zero attached hydrogens (tertiary/aromatic N) is 1. The first kappa shape index (κ1) is 22.1. The Morgan fingerprint density at radius 2 is 1.78 bits per heavy atom. The van der Waals surface area contributed by atoms with Crippen LogP contribution in [0.15, 0.2) is 57.9 Å². The van der Waals surface area contributed by atoms with E-state index in [1.165, 1.54) is 0 Å². The summed E-state index contributed by atoms with van der Waals surface area (Å²) in [6.07, 6.45) is 1.86. The second-order valence-electron chi connectivity index (χ2n) is 5.75. The van der Waals surface area contributed by atoms with Gasteiger partial charge in [0.1, 0.15) is 6.54 Å². The van der Waals surface area contributed by atoms with Crippen molar-refractivity contribution >= 4 is 60.9 Å². The highest BCUT2D eigenvalue weighted by Gasteiger charge is 2.20. The van der Waals surface area contributed by atoms with E-state index in [2.05, 4.69) is 21.2 Å². The molecule has 0 radical (unpaired) electrons.